The Hall–Kier alpha value is -3.53. The fourth-order valence-corrected chi connectivity index (χ4v) is 5.75. The van der Waals surface area contributed by atoms with Crippen molar-refractivity contribution in [1.82, 2.24) is 19.9 Å². The molecule has 0 aliphatic heterocycles. The summed E-state index contributed by atoms with van der Waals surface area (Å²) in [6.07, 6.45) is 1.86. The van der Waals surface area contributed by atoms with E-state index in [2.05, 4.69) is 59.7 Å². The average Bonchev–Trinajstić information content (AvgIpc) is 3.07. The SMILES string of the molecule is CC1(C)c2c[c-]c(-c3ccc(-c4nc(-c5ccccc5)nc(-c5ccccc5)n4)cn3)cc2C(C)(C)C1(C)C.[Ir]. The molecule has 1 aliphatic carbocycles. The molecule has 0 unspecified atom stereocenters. The van der Waals surface area contributed by atoms with Crippen LogP contribution in [0.2, 0.25) is 0 Å². The summed E-state index contributed by atoms with van der Waals surface area (Å²) in [4.78, 5) is 19.3. The van der Waals surface area contributed by atoms with Gasteiger partial charge in [-0.05, 0) is 21.9 Å². The van der Waals surface area contributed by atoms with Gasteiger partial charge < -0.3 is 4.98 Å². The molecule has 5 heteroatoms. The number of pyridine rings is 1. The molecule has 0 N–H and O–H groups in total. The third kappa shape index (κ3) is 4.42. The van der Waals surface area contributed by atoms with Gasteiger partial charge in [0.25, 0.3) is 0 Å². The normalized spacial score (nSPS) is 16.1. The van der Waals surface area contributed by atoms with Crippen molar-refractivity contribution in [2.75, 3.05) is 0 Å². The zero-order valence-corrected chi connectivity index (χ0v) is 26.2. The zero-order chi connectivity index (χ0) is 27.4. The Morgan fingerprint density at radius 3 is 1.57 bits per heavy atom. The maximum absolute atomic E-state index is 4.84. The van der Waals surface area contributed by atoms with Gasteiger partial charge in [0.2, 0.25) is 0 Å². The molecule has 203 valence electrons. The monoisotopic (exact) mass is 702 g/mol. The molecule has 1 radical (unpaired) electrons. The van der Waals surface area contributed by atoms with Crippen molar-refractivity contribution in [3.63, 3.8) is 0 Å². The minimum absolute atomic E-state index is 0. The van der Waals surface area contributed by atoms with Crippen LogP contribution in [0.3, 0.4) is 0 Å². The van der Waals surface area contributed by atoms with E-state index in [-0.39, 0.29) is 36.4 Å². The van der Waals surface area contributed by atoms with Gasteiger partial charge in [-0.3, -0.25) is 0 Å². The van der Waals surface area contributed by atoms with Crippen LogP contribution >= 0.6 is 0 Å². The first kappa shape index (κ1) is 28.0. The first-order chi connectivity index (χ1) is 18.6. The van der Waals surface area contributed by atoms with E-state index in [0.717, 1.165) is 27.9 Å². The second kappa shape index (κ2) is 10.1. The van der Waals surface area contributed by atoms with E-state index in [1.165, 1.54) is 11.1 Å². The van der Waals surface area contributed by atoms with Crippen molar-refractivity contribution < 1.29 is 20.1 Å². The third-order valence-electron chi connectivity index (χ3n) is 9.42. The molecule has 0 amide bonds. The molecule has 0 bridgehead atoms. The van der Waals surface area contributed by atoms with E-state index < -0.39 is 0 Å². The summed E-state index contributed by atoms with van der Waals surface area (Å²) in [6, 6.07) is 32.1. The predicted molar refractivity (Wildman–Crippen MR) is 158 cm³/mol. The molecule has 40 heavy (non-hydrogen) atoms. The maximum Gasteiger partial charge on any atom is 0.165 e. The molecule has 4 nitrogen and oxygen atoms in total. The first-order valence-corrected chi connectivity index (χ1v) is 13.5. The van der Waals surface area contributed by atoms with Gasteiger partial charge in [0.15, 0.2) is 17.5 Å². The molecule has 0 fully saturated rings. The van der Waals surface area contributed by atoms with Crippen LogP contribution in [0.4, 0.5) is 0 Å². The van der Waals surface area contributed by atoms with Gasteiger partial charge >= 0.3 is 0 Å². The Labute approximate surface area is 250 Å². The third-order valence-corrected chi connectivity index (χ3v) is 9.42. The van der Waals surface area contributed by atoms with Crippen LogP contribution in [-0.2, 0) is 30.9 Å². The molecule has 0 atom stereocenters. The summed E-state index contributed by atoms with van der Waals surface area (Å²) in [6.45, 7) is 14.2. The van der Waals surface area contributed by atoms with Crippen LogP contribution in [-0.4, -0.2) is 19.9 Å². The number of nitrogens with zero attached hydrogens (tertiary/aromatic N) is 4. The smallest absolute Gasteiger partial charge is 0.165 e. The van der Waals surface area contributed by atoms with Crippen molar-refractivity contribution >= 4 is 0 Å². The van der Waals surface area contributed by atoms with Gasteiger partial charge in [0, 0.05) is 43.0 Å². The summed E-state index contributed by atoms with van der Waals surface area (Å²) in [5.41, 5.74) is 7.60. The minimum atomic E-state index is 0. The number of hydrogen-bond donors (Lipinski definition) is 0. The number of fused-ring (bicyclic) bond motifs is 1. The van der Waals surface area contributed by atoms with Gasteiger partial charge in [-0.25, -0.2) is 15.0 Å². The quantitative estimate of drug-likeness (QED) is 0.177. The Kier molecular flexibility index (Phi) is 7.10. The number of aromatic nitrogens is 4. The van der Waals surface area contributed by atoms with Gasteiger partial charge in [-0.2, -0.15) is 0 Å². The number of rotatable bonds is 4. The molecular weight excluding hydrogens is 669 g/mol. The van der Waals surface area contributed by atoms with E-state index in [1.54, 1.807) is 0 Å². The van der Waals surface area contributed by atoms with E-state index in [0.29, 0.717) is 17.5 Å². The number of benzene rings is 3. The zero-order valence-electron chi connectivity index (χ0n) is 23.8. The van der Waals surface area contributed by atoms with Gasteiger partial charge in [0.1, 0.15) is 0 Å². The Morgan fingerprint density at radius 1 is 0.575 bits per heavy atom. The van der Waals surface area contributed by atoms with Crippen LogP contribution < -0.4 is 0 Å². The van der Waals surface area contributed by atoms with E-state index >= 15 is 0 Å². The van der Waals surface area contributed by atoms with Crippen LogP contribution in [0.1, 0.15) is 52.7 Å². The minimum Gasteiger partial charge on any atom is -0.304 e. The van der Waals surface area contributed by atoms with E-state index in [9.17, 15) is 0 Å². The van der Waals surface area contributed by atoms with Crippen molar-refractivity contribution in [2.45, 2.75) is 52.4 Å². The van der Waals surface area contributed by atoms with E-state index in [4.69, 9.17) is 19.9 Å². The maximum atomic E-state index is 4.84. The van der Waals surface area contributed by atoms with Gasteiger partial charge in [0.05, 0.1) is 0 Å². The summed E-state index contributed by atoms with van der Waals surface area (Å²) in [5.74, 6) is 1.88. The summed E-state index contributed by atoms with van der Waals surface area (Å²) in [7, 11) is 0. The Morgan fingerprint density at radius 2 is 1.07 bits per heavy atom. The number of hydrogen-bond acceptors (Lipinski definition) is 4. The van der Waals surface area contributed by atoms with Crippen molar-refractivity contribution in [3.8, 4) is 45.4 Å². The molecule has 2 heterocycles. The Bertz CT molecular complexity index is 1600. The summed E-state index contributed by atoms with van der Waals surface area (Å²) < 4.78 is 0. The molecule has 1 aliphatic rings. The molecule has 0 saturated heterocycles. The van der Waals surface area contributed by atoms with Crippen molar-refractivity contribution in [3.05, 3.63) is 108 Å². The molecule has 0 spiro atoms. The summed E-state index contributed by atoms with van der Waals surface area (Å²) >= 11 is 0. The van der Waals surface area contributed by atoms with Crippen LogP contribution in [0.5, 0.6) is 0 Å². The van der Waals surface area contributed by atoms with Crippen LogP contribution in [0, 0.1) is 11.5 Å². The van der Waals surface area contributed by atoms with Crippen LogP contribution in [0.15, 0.2) is 91.1 Å². The largest absolute Gasteiger partial charge is 0.304 e. The summed E-state index contributed by atoms with van der Waals surface area (Å²) in [5, 5.41) is 0. The fourth-order valence-electron chi connectivity index (χ4n) is 5.75. The van der Waals surface area contributed by atoms with Gasteiger partial charge in [-0.1, -0.05) is 114 Å². The molecule has 3 aromatic carbocycles. The molecule has 0 saturated carbocycles. The Balaban J connectivity index is 0.00000323. The molecule has 2 aromatic heterocycles. The molecule has 5 aromatic rings. The second-order valence-corrected chi connectivity index (χ2v) is 12.0. The molecular formula is C35H33IrN4-. The van der Waals surface area contributed by atoms with Crippen molar-refractivity contribution in [2.24, 2.45) is 5.41 Å². The predicted octanol–water partition coefficient (Wildman–Crippen LogP) is 8.33. The van der Waals surface area contributed by atoms with Gasteiger partial charge in [-0.15, -0.1) is 34.9 Å². The first-order valence-electron chi connectivity index (χ1n) is 13.5. The topological polar surface area (TPSA) is 51.6 Å². The van der Waals surface area contributed by atoms with Crippen LogP contribution in [0.25, 0.3) is 45.4 Å². The average molecular weight is 702 g/mol. The second-order valence-electron chi connectivity index (χ2n) is 12.0. The standard InChI is InChI=1S/C35H33N4.Ir/c1-33(2)27-19-17-25(21-28(27)34(3,4)35(33,5)6)29-20-18-26(22-36-29)32-38-30(23-13-9-7-10-14-23)37-31(39-32)24-15-11-8-12-16-24;/h7-16,18-22H,1-6H3;/q-1;. The fraction of sp³-hybridized carbons (Fsp3) is 0.257. The molecule has 6 rings (SSSR count). The van der Waals surface area contributed by atoms with Crippen molar-refractivity contribution in [1.29, 1.82) is 0 Å². The van der Waals surface area contributed by atoms with E-state index in [1.807, 2.05) is 79.0 Å².